The molecule has 0 saturated heterocycles. The second kappa shape index (κ2) is 11.8. The molecule has 7 aromatic carbocycles. The first-order valence-corrected chi connectivity index (χ1v) is 18.3. The van der Waals surface area contributed by atoms with Crippen molar-refractivity contribution in [2.75, 3.05) is 0 Å². The van der Waals surface area contributed by atoms with E-state index in [1.165, 1.54) is 44.5 Å². The molecule has 0 atom stereocenters. The summed E-state index contributed by atoms with van der Waals surface area (Å²) in [5.74, 6) is 0.908. The number of hydrogen-bond donors (Lipinski definition) is 0. The minimum absolute atomic E-state index is 0.856. The molecule has 1 aliphatic carbocycles. The first-order chi connectivity index (χ1) is 26.3. The summed E-state index contributed by atoms with van der Waals surface area (Å²) in [5, 5.41) is 3.49. The number of para-hydroxylation sites is 3. The molecule has 4 nitrogen and oxygen atoms in total. The zero-order valence-electron chi connectivity index (χ0n) is 28.9. The van der Waals surface area contributed by atoms with E-state index in [0.717, 1.165) is 68.5 Å². The van der Waals surface area contributed by atoms with Crippen molar-refractivity contribution in [2.45, 2.75) is 12.8 Å². The molecule has 3 aromatic heterocycles. The van der Waals surface area contributed by atoms with Crippen LogP contribution in [0.1, 0.15) is 17.7 Å². The van der Waals surface area contributed by atoms with Crippen LogP contribution in [0.4, 0.5) is 0 Å². The number of fused-ring (bicyclic) bond motifs is 7. The van der Waals surface area contributed by atoms with Crippen LogP contribution in [0.2, 0.25) is 0 Å². The molecule has 0 saturated carbocycles. The second-order valence-corrected chi connectivity index (χ2v) is 13.9. The van der Waals surface area contributed by atoms with E-state index in [4.69, 9.17) is 9.40 Å². The van der Waals surface area contributed by atoms with Crippen molar-refractivity contribution in [2.24, 2.45) is 0 Å². The highest BCUT2D eigenvalue weighted by Crippen LogP contribution is 2.40. The maximum atomic E-state index is 6.51. The van der Waals surface area contributed by atoms with Crippen LogP contribution in [0.15, 0.2) is 174 Å². The Balaban J connectivity index is 1.05. The number of nitrogens with zero attached hydrogens (tertiary/aromatic N) is 3. The number of hydrogen-bond acceptors (Lipinski definition) is 2. The van der Waals surface area contributed by atoms with Gasteiger partial charge in [-0.15, -0.1) is 0 Å². The van der Waals surface area contributed by atoms with E-state index in [0.29, 0.717) is 0 Å². The second-order valence-electron chi connectivity index (χ2n) is 13.9. The molecule has 4 heteroatoms. The summed E-state index contributed by atoms with van der Waals surface area (Å²) in [5.41, 5.74) is 15.8. The predicted octanol–water partition coefficient (Wildman–Crippen LogP) is 12.8. The van der Waals surface area contributed by atoms with E-state index < -0.39 is 0 Å². The molecular formula is C49H33N3O. The lowest BCUT2D eigenvalue weighted by Gasteiger charge is -2.12. The molecule has 0 fully saturated rings. The largest absolute Gasteiger partial charge is 0.456 e. The third-order valence-corrected chi connectivity index (χ3v) is 10.8. The van der Waals surface area contributed by atoms with E-state index in [9.17, 15) is 0 Å². The van der Waals surface area contributed by atoms with Gasteiger partial charge in [0.1, 0.15) is 17.0 Å². The molecule has 53 heavy (non-hydrogen) atoms. The van der Waals surface area contributed by atoms with Crippen molar-refractivity contribution < 1.29 is 4.42 Å². The fourth-order valence-electron chi connectivity index (χ4n) is 8.37. The van der Waals surface area contributed by atoms with Crippen LogP contribution >= 0.6 is 0 Å². The van der Waals surface area contributed by atoms with Crippen LogP contribution in [0, 0.1) is 0 Å². The quantitative estimate of drug-likeness (QED) is 0.181. The van der Waals surface area contributed by atoms with E-state index >= 15 is 0 Å². The lowest BCUT2D eigenvalue weighted by Crippen LogP contribution is -1.99. The van der Waals surface area contributed by atoms with Crippen LogP contribution in [0.3, 0.4) is 0 Å². The maximum Gasteiger partial charge on any atom is 0.145 e. The normalized spacial score (nSPS) is 12.7. The van der Waals surface area contributed by atoms with Crippen molar-refractivity contribution >= 4 is 50.0 Å². The Hall–Kier alpha value is -6.91. The summed E-state index contributed by atoms with van der Waals surface area (Å²) in [6.07, 6.45) is 6.71. The van der Waals surface area contributed by atoms with Gasteiger partial charge in [0.25, 0.3) is 0 Å². The molecule has 10 aromatic rings. The number of benzene rings is 7. The average Bonchev–Trinajstić information content (AvgIpc) is 3.91. The molecule has 1 aliphatic rings. The number of aryl methyl sites for hydroxylation is 1. The Labute approximate surface area is 306 Å². The highest BCUT2D eigenvalue weighted by atomic mass is 16.3. The molecule has 0 aliphatic heterocycles. The van der Waals surface area contributed by atoms with Crippen molar-refractivity contribution in [1.29, 1.82) is 0 Å². The van der Waals surface area contributed by atoms with Crippen molar-refractivity contribution in [3.8, 4) is 45.0 Å². The third kappa shape index (κ3) is 4.73. The van der Waals surface area contributed by atoms with Crippen LogP contribution in [0.25, 0.3) is 95.0 Å². The van der Waals surface area contributed by atoms with Crippen LogP contribution < -0.4 is 0 Å². The Morgan fingerprint density at radius 1 is 0.509 bits per heavy atom. The smallest absolute Gasteiger partial charge is 0.145 e. The minimum Gasteiger partial charge on any atom is -0.456 e. The van der Waals surface area contributed by atoms with E-state index in [1.54, 1.807) is 0 Å². The zero-order valence-corrected chi connectivity index (χ0v) is 28.9. The van der Waals surface area contributed by atoms with Gasteiger partial charge in [-0.2, -0.15) is 0 Å². The molecule has 0 unspecified atom stereocenters. The molecule has 0 radical (unpaired) electrons. The fourth-order valence-corrected chi connectivity index (χ4v) is 8.37. The Morgan fingerprint density at radius 2 is 1.21 bits per heavy atom. The maximum absolute atomic E-state index is 6.51. The Morgan fingerprint density at radius 3 is 2.06 bits per heavy atom. The van der Waals surface area contributed by atoms with Crippen LogP contribution in [-0.2, 0) is 6.42 Å². The number of furan rings is 1. The molecular weight excluding hydrogens is 647 g/mol. The first-order valence-electron chi connectivity index (χ1n) is 18.3. The van der Waals surface area contributed by atoms with E-state index in [-0.39, 0.29) is 0 Å². The van der Waals surface area contributed by atoms with Gasteiger partial charge in [-0.05, 0) is 113 Å². The number of allylic oxidation sites excluding steroid dienone is 1. The summed E-state index contributed by atoms with van der Waals surface area (Å²) in [6, 6.07) is 58.3. The lowest BCUT2D eigenvalue weighted by molar-refractivity contribution is 0.669. The van der Waals surface area contributed by atoms with Gasteiger partial charge in [-0.3, -0.25) is 4.57 Å². The predicted molar refractivity (Wildman–Crippen MR) is 219 cm³/mol. The summed E-state index contributed by atoms with van der Waals surface area (Å²) in [4.78, 5) is 5.12. The lowest BCUT2D eigenvalue weighted by atomic mass is 9.95. The van der Waals surface area contributed by atoms with Gasteiger partial charge < -0.3 is 8.98 Å². The zero-order chi connectivity index (χ0) is 34.9. The van der Waals surface area contributed by atoms with Gasteiger partial charge in [-0.25, -0.2) is 4.98 Å². The Kier molecular flexibility index (Phi) is 6.65. The molecule has 250 valence electrons. The first kappa shape index (κ1) is 29.8. The van der Waals surface area contributed by atoms with Gasteiger partial charge in [0.2, 0.25) is 0 Å². The van der Waals surface area contributed by atoms with Crippen LogP contribution in [0.5, 0.6) is 0 Å². The van der Waals surface area contributed by atoms with E-state index in [1.807, 2.05) is 12.1 Å². The number of imidazole rings is 1. The average molecular weight is 680 g/mol. The summed E-state index contributed by atoms with van der Waals surface area (Å²) >= 11 is 0. The summed E-state index contributed by atoms with van der Waals surface area (Å²) in [7, 11) is 0. The van der Waals surface area contributed by atoms with Gasteiger partial charge in [0, 0.05) is 27.7 Å². The van der Waals surface area contributed by atoms with Crippen molar-refractivity contribution in [3.63, 3.8) is 0 Å². The number of rotatable bonds is 5. The van der Waals surface area contributed by atoms with E-state index in [2.05, 4.69) is 173 Å². The topological polar surface area (TPSA) is 35.9 Å². The minimum atomic E-state index is 0.856. The third-order valence-electron chi connectivity index (χ3n) is 10.8. The highest BCUT2D eigenvalue weighted by Gasteiger charge is 2.21. The molecule has 0 bridgehead atoms. The Bertz CT molecular complexity index is 3050. The molecule has 0 N–H and O–H groups in total. The SMILES string of the molecule is C1=Cc2c(c3cc(-c4cccc(-c5ccc6oc7cccc(-n8c(-c9ccccc9)nc9ccccc98)c7c6c5)c4)ccc3n2-c2ccccc2)CC1. The molecule has 0 amide bonds. The van der Waals surface area contributed by atoms with Crippen molar-refractivity contribution in [1.82, 2.24) is 14.1 Å². The summed E-state index contributed by atoms with van der Waals surface area (Å²) < 4.78 is 11.2. The molecule has 3 heterocycles. The molecule has 11 rings (SSSR count). The van der Waals surface area contributed by atoms with Crippen molar-refractivity contribution in [3.05, 3.63) is 181 Å². The van der Waals surface area contributed by atoms with Gasteiger partial charge in [0.15, 0.2) is 0 Å². The fraction of sp³-hybridized carbons (Fsp3) is 0.0408. The summed E-state index contributed by atoms with van der Waals surface area (Å²) in [6.45, 7) is 0. The molecule has 0 spiro atoms. The number of aromatic nitrogens is 3. The standard InChI is InChI=1S/C49H33N3O/c1-3-13-32(14-4-1)49-50-41-20-8-10-22-44(41)52(49)45-23-12-24-47-48(45)40-31-36(26-28-46(40)53-47)34-16-11-15-33(29-34)35-25-27-43-39(30-35)38-19-7-9-21-42(38)51(43)37-17-5-2-6-18-37/h1-6,8-18,20-31H,7,19H2. The monoisotopic (exact) mass is 679 g/mol. The van der Waals surface area contributed by atoms with Gasteiger partial charge >= 0.3 is 0 Å². The van der Waals surface area contributed by atoms with Crippen LogP contribution in [-0.4, -0.2) is 14.1 Å². The van der Waals surface area contributed by atoms with Gasteiger partial charge in [-0.1, -0.05) is 103 Å². The van der Waals surface area contributed by atoms with Gasteiger partial charge in [0.05, 0.1) is 27.6 Å². The highest BCUT2D eigenvalue weighted by molar-refractivity contribution is 6.11.